The molecule has 9 nitrogen and oxygen atoms in total. The van der Waals surface area contributed by atoms with E-state index in [0.717, 1.165) is 6.42 Å². The quantitative estimate of drug-likeness (QED) is 0.575. The first kappa shape index (κ1) is 23.3. The highest BCUT2D eigenvalue weighted by Crippen LogP contribution is 2.32. The van der Waals surface area contributed by atoms with Crippen molar-refractivity contribution in [3.8, 4) is 6.07 Å². The van der Waals surface area contributed by atoms with Gasteiger partial charge in [-0.2, -0.15) is 5.26 Å². The molecule has 1 aliphatic rings. The van der Waals surface area contributed by atoms with Crippen LogP contribution in [-0.2, 0) is 9.53 Å². The van der Waals surface area contributed by atoms with E-state index in [-0.39, 0.29) is 6.03 Å². The summed E-state index contributed by atoms with van der Waals surface area (Å²) >= 11 is 0. The van der Waals surface area contributed by atoms with Gasteiger partial charge in [-0.3, -0.25) is 4.90 Å². The molecule has 0 saturated carbocycles. The minimum absolute atomic E-state index is 0.305. The molecule has 0 saturated heterocycles. The first-order valence-corrected chi connectivity index (χ1v) is 10.4. The van der Waals surface area contributed by atoms with Crippen LogP contribution in [0.25, 0.3) is 0 Å². The lowest BCUT2D eigenvalue weighted by Crippen LogP contribution is -2.48. The number of allylic oxidation sites excluding steroid dienone is 1. The highest BCUT2D eigenvalue weighted by molar-refractivity contribution is 6.00. The number of ether oxygens (including phenoxy) is 1. The summed E-state index contributed by atoms with van der Waals surface area (Å²) in [7, 11) is 1.30. The van der Waals surface area contributed by atoms with Gasteiger partial charge in [0.05, 0.1) is 30.4 Å². The Kier molecular flexibility index (Phi) is 7.31. The molecule has 0 bridgehead atoms. The minimum atomic E-state index is -0.727. The van der Waals surface area contributed by atoms with Gasteiger partial charge < -0.3 is 20.7 Å². The fourth-order valence-corrected chi connectivity index (χ4v) is 3.65. The number of methoxy groups -OCH3 is 1. The van der Waals surface area contributed by atoms with Crippen LogP contribution in [0.1, 0.15) is 37.4 Å². The lowest BCUT2D eigenvalue weighted by atomic mass is 9.94. The van der Waals surface area contributed by atoms with Crippen LogP contribution in [-0.4, -0.2) is 36.6 Å². The first-order chi connectivity index (χ1) is 15.9. The van der Waals surface area contributed by atoms with Crippen LogP contribution in [0.4, 0.5) is 21.0 Å². The van der Waals surface area contributed by atoms with Crippen LogP contribution in [0.5, 0.6) is 0 Å². The molecule has 0 aromatic heterocycles. The van der Waals surface area contributed by atoms with Crippen LogP contribution in [0.2, 0.25) is 0 Å². The summed E-state index contributed by atoms with van der Waals surface area (Å²) in [6.07, 6.45) is 0.732. The van der Waals surface area contributed by atoms with Gasteiger partial charge in [-0.1, -0.05) is 25.1 Å². The van der Waals surface area contributed by atoms with Crippen molar-refractivity contribution in [1.29, 1.82) is 5.26 Å². The minimum Gasteiger partial charge on any atom is -0.466 e. The molecule has 4 amide bonds. The molecule has 0 fully saturated rings. The second-order valence-electron chi connectivity index (χ2n) is 7.42. The summed E-state index contributed by atoms with van der Waals surface area (Å²) < 4.78 is 4.98. The Labute approximate surface area is 192 Å². The maximum Gasteiger partial charge on any atom is 0.337 e. The zero-order valence-corrected chi connectivity index (χ0v) is 18.6. The normalized spacial score (nSPS) is 15.4. The molecule has 1 atom stereocenters. The van der Waals surface area contributed by atoms with Crippen molar-refractivity contribution >= 4 is 29.4 Å². The third-order valence-electron chi connectivity index (χ3n) is 5.18. The number of hydrogen-bond acceptors (Lipinski definition) is 5. The number of nitrogens with one attached hydrogen (secondary N) is 3. The zero-order valence-electron chi connectivity index (χ0n) is 18.6. The Morgan fingerprint density at radius 3 is 2.45 bits per heavy atom. The zero-order chi connectivity index (χ0) is 24.0. The maximum atomic E-state index is 12.7. The SMILES string of the molecule is CCCN1C(=O)NC(c2cccc(NC(=O)Nc3cccc(C#N)c3)c2)C(C(=O)OC)=C1C. The predicted octanol–water partition coefficient (Wildman–Crippen LogP) is 4.13. The van der Waals surface area contributed by atoms with Crippen molar-refractivity contribution in [2.75, 3.05) is 24.3 Å². The van der Waals surface area contributed by atoms with E-state index in [1.54, 1.807) is 55.5 Å². The van der Waals surface area contributed by atoms with Crippen molar-refractivity contribution in [2.45, 2.75) is 26.3 Å². The smallest absolute Gasteiger partial charge is 0.337 e. The average Bonchev–Trinajstić information content (AvgIpc) is 2.81. The standard InChI is InChI=1S/C24H25N5O4/c1-4-11-29-15(2)20(22(30)33-3)21(28-24(29)32)17-8-6-10-19(13-17)27-23(31)26-18-9-5-7-16(12-18)14-25/h5-10,12-13,21H,4,11H2,1-3H3,(H,28,32)(H2,26,27,31). The Hall–Kier alpha value is -4.32. The molecule has 3 rings (SSSR count). The number of hydrogen-bond donors (Lipinski definition) is 3. The molecule has 2 aromatic carbocycles. The van der Waals surface area contributed by atoms with Crippen LogP contribution in [0.3, 0.4) is 0 Å². The van der Waals surface area contributed by atoms with E-state index in [4.69, 9.17) is 10.00 Å². The molecule has 3 N–H and O–H groups in total. The molecule has 1 aliphatic heterocycles. The molecule has 0 radical (unpaired) electrons. The number of nitriles is 1. The van der Waals surface area contributed by atoms with Crippen molar-refractivity contribution < 1.29 is 19.1 Å². The number of benzene rings is 2. The van der Waals surface area contributed by atoms with E-state index in [2.05, 4.69) is 16.0 Å². The van der Waals surface area contributed by atoms with Crippen molar-refractivity contribution in [2.24, 2.45) is 0 Å². The van der Waals surface area contributed by atoms with Crippen LogP contribution < -0.4 is 16.0 Å². The summed E-state index contributed by atoms with van der Waals surface area (Å²) in [6.45, 7) is 4.14. The van der Waals surface area contributed by atoms with Gasteiger partial charge in [0.2, 0.25) is 0 Å². The summed E-state index contributed by atoms with van der Waals surface area (Å²) in [6, 6.07) is 13.9. The predicted molar refractivity (Wildman–Crippen MR) is 123 cm³/mol. The maximum absolute atomic E-state index is 12.7. The number of carbonyl (C=O) groups is 3. The first-order valence-electron chi connectivity index (χ1n) is 10.4. The van der Waals surface area contributed by atoms with Gasteiger partial charge in [0, 0.05) is 23.6 Å². The van der Waals surface area contributed by atoms with Crippen LogP contribution in [0, 0.1) is 11.3 Å². The monoisotopic (exact) mass is 447 g/mol. The van der Waals surface area contributed by atoms with Gasteiger partial charge in [-0.05, 0) is 49.2 Å². The molecular formula is C24H25N5O4. The number of urea groups is 2. The Morgan fingerprint density at radius 2 is 1.82 bits per heavy atom. The van der Waals surface area contributed by atoms with Gasteiger partial charge >= 0.3 is 18.0 Å². The number of anilines is 2. The highest BCUT2D eigenvalue weighted by atomic mass is 16.5. The molecule has 9 heteroatoms. The lowest BCUT2D eigenvalue weighted by Gasteiger charge is -2.35. The summed E-state index contributed by atoms with van der Waals surface area (Å²) in [5, 5.41) is 17.3. The largest absolute Gasteiger partial charge is 0.466 e. The van der Waals surface area contributed by atoms with Gasteiger partial charge in [0.1, 0.15) is 0 Å². The summed E-state index contributed by atoms with van der Waals surface area (Å²) in [5.74, 6) is -0.535. The Bertz CT molecular complexity index is 1150. The van der Waals surface area contributed by atoms with E-state index in [0.29, 0.717) is 40.3 Å². The Balaban J connectivity index is 1.85. The van der Waals surface area contributed by atoms with Gasteiger partial charge in [0.15, 0.2) is 0 Å². The Morgan fingerprint density at radius 1 is 1.15 bits per heavy atom. The molecule has 1 heterocycles. The fraction of sp³-hybridized carbons (Fsp3) is 0.250. The van der Waals surface area contributed by atoms with E-state index < -0.39 is 18.0 Å². The second-order valence-corrected chi connectivity index (χ2v) is 7.42. The van der Waals surface area contributed by atoms with Crippen LogP contribution >= 0.6 is 0 Å². The molecule has 2 aromatic rings. The van der Waals surface area contributed by atoms with Crippen molar-refractivity contribution in [3.05, 3.63) is 70.9 Å². The molecule has 0 spiro atoms. The number of rotatable bonds is 6. The number of carbonyl (C=O) groups excluding carboxylic acids is 3. The second kappa shape index (κ2) is 10.3. The summed E-state index contributed by atoms with van der Waals surface area (Å²) in [4.78, 5) is 39.2. The van der Waals surface area contributed by atoms with E-state index >= 15 is 0 Å². The number of amides is 4. The number of esters is 1. The molecule has 0 aliphatic carbocycles. The van der Waals surface area contributed by atoms with Crippen molar-refractivity contribution in [3.63, 3.8) is 0 Å². The van der Waals surface area contributed by atoms with Gasteiger partial charge in [0.25, 0.3) is 0 Å². The number of nitrogens with zero attached hydrogens (tertiary/aromatic N) is 2. The molecule has 1 unspecified atom stereocenters. The van der Waals surface area contributed by atoms with Gasteiger partial charge in [-0.15, -0.1) is 0 Å². The molecular weight excluding hydrogens is 422 g/mol. The highest BCUT2D eigenvalue weighted by Gasteiger charge is 2.36. The van der Waals surface area contributed by atoms with Crippen LogP contribution in [0.15, 0.2) is 59.8 Å². The summed E-state index contributed by atoms with van der Waals surface area (Å²) in [5.41, 5.74) is 2.85. The molecule has 33 heavy (non-hydrogen) atoms. The van der Waals surface area contributed by atoms with Crippen molar-refractivity contribution in [1.82, 2.24) is 10.2 Å². The lowest BCUT2D eigenvalue weighted by molar-refractivity contribution is -0.136. The molecule has 170 valence electrons. The third kappa shape index (κ3) is 5.30. The van der Waals surface area contributed by atoms with E-state index in [1.165, 1.54) is 12.0 Å². The fourth-order valence-electron chi connectivity index (χ4n) is 3.65. The average molecular weight is 447 g/mol. The van der Waals surface area contributed by atoms with Gasteiger partial charge in [-0.25, -0.2) is 14.4 Å². The van der Waals surface area contributed by atoms with E-state index in [1.807, 2.05) is 13.0 Å². The van der Waals surface area contributed by atoms with E-state index in [9.17, 15) is 14.4 Å². The third-order valence-corrected chi connectivity index (χ3v) is 5.18. The topological polar surface area (TPSA) is 124 Å².